The summed E-state index contributed by atoms with van der Waals surface area (Å²) in [4.78, 5) is 8.24. The SMILES string of the molecule is COc1ccc(-c2cc(C)nc(C#N)n2)cc1C. The van der Waals surface area contributed by atoms with Crippen LogP contribution in [0.5, 0.6) is 5.75 Å². The minimum absolute atomic E-state index is 0.193. The fourth-order valence-electron chi connectivity index (χ4n) is 1.80. The number of nitrogens with zero attached hydrogens (tertiary/aromatic N) is 3. The summed E-state index contributed by atoms with van der Waals surface area (Å²) in [5.74, 6) is 1.03. The Bertz CT molecular complexity index is 629. The summed E-state index contributed by atoms with van der Waals surface area (Å²) in [6.07, 6.45) is 0. The van der Waals surface area contributed by atoms with Crippen molar-refractivity contribution in [2.45, 2.75) is 13.8 Å². The van der Waals surface area contributed by atoms with Crippen molar-refractivity contribution < 1.29 is 4.74 Å². The van der Waals surface area contributed by atoms with E-state index in [4.69, 9.17) is 10.00 Å². The molecule has 0 aliphatic heterocycles. The molecule has 18 heavy (non-hydrogen) atoms. The van der Waals surface area contributed by atoms with Crippen LogP contribution < -0.4 is 4.74 Å². The van der Waals surface area contributed by atoms with Crippen LogP contribution in [0, 0.1) is 25.2 Å². The van der Waals surface area contributed by atoms with Crippen molar-refractivity contribution in [3.05, 3.63) is 41.3 Å². The van der Waals surface area contributed by atoms with Crippen LogP contribution in [0.4, 0.5) is 0 Å². The third-order valence-electron chi connectivity index (χ3n) is 2.64. The van der Waals surface area contributed by atoms with Gasteiger partial charge in [0, 0.05) is 11.3 Å². The van der Waals surface area contributed by atoms with E-state index in [2.05, 4.69) is 9.97 Å². The third-order valence-corrected chi connectivity index (χ3v) is 2.64. The van der Waals surface area contributed by atoms with Crippen molar-refractivity contribution in [3.63, 3.8) is 0 Å². The van der Waals surface area contributed by atoms with Crippen LogP contribution >= 0.6 is 0 Å². The Kier molecular flexibility index (Phi) is 3.24. The van der Waals surface area contributed by atoms with Crippen molar-refractivity contribution in [1.29, 1.82) is 5.26 Å². The minimum Gasteiger partial charge on any atom is -0.496 e. The highest BCUT2D eigenvalue weighted by molar-refractivity contribution is 5.62. The summed E-state index contributed by atoms with van der Waals surface area (Å²) in [6.45, 7) is 3.82. The van der Waals surface area contributed by atoms with E-state index in [1.54, 1.807) is 7.11 Å². The number of methoxy groups -OCH3 is 1. The summed E-state index contributed by atoms with van der Waals surface area (Å²) >= 11 is 0. The Morgan fingerprint density at radius 1 is 1.17 bits per heavy atom. The molecule has 0 atom stereocenters. The number of ether oxygens (including phenoxy) is 1. The summed E-state index contributed by atoms with van der Waals surface area (Å²) < 4.78 is 5.22. The molecule has 0 amide bonds. The average Bonchev–Trinajstić information content (AvgIpc) is 2.37. The molecule has 0 unspecified atom stereocenters. The van der Waals surface area contributed by atoms with Crippen molar-refractivity contribution in [3.8, 4) is 23.1 Å². The fraction of sp³-hybridized carbons (Fsp3) is 0.214. The molecule has 1 aromatic carbocycles. The molecule has 1 aromatic heterocycles. The molecule has 1 heterocycles. The molecular formula is C14H13N3O. The zero-order valence-corrected chi connectivity index (χ0v) is 10.6. The molecular weight excluding hydrogens is 226 g/mol. The second-order valence-corrected chi connectivity index (χ2v) is 4.01. The highest BCUT2D eigenvalue weighted by Gasteiger charge is 2.06. The van der Waals surface area contributed by atoms with E-state index in [1.807, 2.05) is 44.2 Å². The summed E-state index contributed by atoms with van der Waals surface area (Å²) in [5, 5.41) is 8.88. The number of rotatable bonds is 2. The smallest absolute Gasteiger partial charge is 0.232 e. The maximum absolute atomic E-state index is 8.88. The molecule has 2 aromatic rings. The van der Waals surface area contributed by atoms with E-state index in [1.165, 1.54) is 0 Å². The largest absolute Gasteiger partial charge is 0.496 e. The number of aromatic nitrogens is 2. The molecule has 0 aliphatic rings. The van der Waals surface area contributed by atoms with Gasteiger partial charge in [-0.25, -0.2) is 9.97 Å². The Balaban J connectivity index is 2.52. The molecule has 0 fully saturated rings. The number of aryl methyl sites for hydroxylation is 2. The molecule has 90 valence electrons. The van der Waals surface area contributed by atoms with Crippen LogP contribution in [0.3, 0.4) is 0 Å². The molecule has 0 N–H and O–H groups in total. The molecule has 0 spiro atoms. The van der Waals surface area contributed by atoms with Crippen LogP contribution in [0.1, 0.15) is 17.1 Å². The van der Waals surface area contributed by atoms with Crippen molar-refractivity contribution in [2.75, 3.05) is 7.11 Å². The van der Waals surface area contributed by atoms with Gasteiger partial charge in [-0.05, 0) is 43.7 Å². The van der Waals surface area contributed by atoms with E-state index in [0.29, 0.717) is 0 Å². The quantitative estimate of drug-likeness (QED) is 0.808. The Morgan fingerprint density at radius 2 is 1.94 bits per heavy atom. The maximum Gasteiger partial charge on any atom is 0.232 e. The van der Waals surface area contributed by atoms with Crippen LogP contribution in [0.2, 0.25) is 0 Å². The lowest BCUT2D eigenvalue weighted by Crippen LogP contribution is -1.95. The van der Waals surface area contributed by atoms with Gasteiger partial charge in [-0.3, -0.25) is 0 Å². The summed E-state index contributed by atoms with van der Waals surface area (Å²) in [5.41, 5.74) is 3.52. The normalized spacial score (nSPS) is 9.89. The van der Waals surface area contributed by atoms with E-state index >= 15 is 0 Å². The van der Waals surface area contributed by atoms with Gasteiger partial charge >= 0.3 is 0 Å². The van der Waals surface area contributed by atoms with E-state index in [0.717, 1.165) is 28.3 Å². The first-order chi connectivity index (χ1) is 8.63. The van der Waals surface area contributed by atoms with Gasteiger partial charge in [-0.2, -0.15) is 5.26 Å². The highest BCUT2D eigenvalue weighted by Crippen LogP contribution is 2.25. The van der Waals surface area contributed by atoms with Crippen LogP contribution in [-0.4, -0.2) is 17.1 Å². The first-order valence-electron chi connectivity index (χ1n) is 5.55. The number of hydrogen-bond donors (Lipinski definition) is 0. The first kappa shape index (κ1) is 12.1. The maximum atomic E-state index is 8.88. The Hall–Kier alpha value is -2.41. The van der Waals surface area contributed by atoms with Crippen LogP contribution in [0.25, 0.3) is 11.3 Å². The second-order valence-electron chi connectivity index (χ2n) is 4.01. The Morgan fingerprint density at radius 3 is 2.56 bits per heavy atom. The van der Waals surface area contributed by atoms with Crippen LogP contribution in [0.15, 0.2) is 24.3 Å². The minimum atomic E-state index is 0.193. The first-order valence-corrected chi connectivity index (χ1v) is 5.55. The van der Waals surface area contributed by atoms with E-state index in [9.17, 15) is 0 Å². The number of benzene rings is 1. The van der Waals surface area contributed by atoms with Crippen molar-refractivity contribution in [2.24, 2.45) is 0 Å². The molecule has 0 saturated heterocycles. The Labute approximate surface area is 106 Å². The van der Waals surface area contributed by atoms with Gasteiger partial charge in [0.25, 0.3) is 0 Å². The topological polar surface area (TPSA) is 58.8 Å². The molecule has 0 saturated carbocycles. The standard InChI is InChI=1S/C14H13N3O/c1-9-6-11(4-5-13(9)18-3)12-7-10(2)16-14(8-15)17-12/h4-7H,1-3H3. The van der Waals surface area contributed by atoms with E-state index < -0.39 is 0 Å². The van der Waals surface area contributed by atoms with Gasteiger partial charge in [0.15, 0.2) is 0 Å². The molecule has 2 rings (SSSR count). The average molecular weight is 239 g/mol. The van der Waals surface area contributed by atoms with Gasteiger partial charge in [-0.1, -0.05) is 0 Å². The lowest BCUT2D eigenvalue weighted by atomic mass is 10.1. The lowest BCUT2D eigenvalue weighted by molar-refractivity contribution is 0.412. The van der Waals surface area contributed by atoms with Crippen molar-refractivity contribution in [1.82, 2.24) is 9.97 Å². The van der Waals surface area contributed by atoms with Gasteiger partial charge in [0.1, 0.15) is 11.8 Å². The van der Waals surface area contributed by atoms with Gasteiger partial charge in [0.2, 0.25) is 5.82 Å². The monoisotopic (exact) mass is 239 g/mol. The molecule has 0 aliphatic carbocycles. The van der Waals surface area contributed by atoms with Crippen molar-refractivity contribution >= 4 is 0 Å². The van der Waals surface area contributed by atoms with Gasteiger partial charge in [0.05, 0.1) is 12.8 Å². The number of nitriles is 1. The highest BCUT2D eigenvalue weighted by atomic mass is 16.5. The van der Waals surface area contributed by atoms with Gasteiger partial charge in [-0.15, -0.1) is 0 Å². The zero-order chi connectivity index (χ0) is 13.1. The summed E-state index contributed by atoms with van der Waals surface area (Å²) in [6, 6.07) is 9.64. The fourth-order valence-corrected chi connectivity index (χ4v) is 1.80. The predicted molar refractivity (Wildman–Crippen MR) is 68.2 cm³/mol. The molecule has 0 bridgehead atoms. The lowest BCUT2D eigenvalue weighted by Gasteiger charge is -2.07. The van der Waals surface area contributed by atoms with Gasteiger partial charge < -0.3 is 4.74 Å². The van der Waals surface area contributed by atoms with Crippen LogP contribution in [-0.2, 0) is 0 Å². The van der Waals surface area contributed by atoms with E-state index in [-0.39, 0.29) is 5.82 Å². The predicted octanol–water partition coefficient (Wildman–Crippen LogP) is 2.64. The molecule has 0 radical (unpaired) electrons. The molecule has 4 nitrogen and oxygen atoms in total. The second kappa shape index (κ2) is 4.84. The zero-order valence-electron chi connectivity index (χ0n) is 10.6. The molecule has 4 heteroatoms. The number of hydrogen-bond acceptors (Lipinski definition) is 4. The third kappa shape index (κ3) is 2.30. The summed E-state index contributed by atoms with van der Waals surface area (Å²) in [7, 11) is 1.64.